The maximum absolute atomic E-state index is 12.9. The average Bonchev–Trinajstić information content (AvgIpc) is 3.21. The maximum atomic E-state index is 12.9. The number of benzene rings is 2. The third-order valence-electron chi connectivity index (χ3n) is 6.57. The van der Waals surface area contributed by atoms with Gasteiger partial charge in [-0.1, -0.05) is 74.7 Å². The van der Waals surface area contributed by atoms with E-state index < -0.39 is 0 Å². The van der Waals surface area contributed by atoms with Crippen LogP contribution in [0.4, 0.5) is 0 Å². The van der Waals surface area contributed by atoms with Crippen LogP contribution in [0.25, 0.3) is 10.9 Å². The third kappa shape index (κ3) is 4.55. The molecular weight excluding hydrogens is 356 g/mol. The predicted octanol–water partition coefficient (Wildman–Crippen LogP) is 6.10. The summed E-state index contributed by atoms with van der Waals surface area (Å²) in [5.74, 6) is 1.04. The molecule has 0 bridgehead atoms. The summed E-state index contributed by atoms with van der Waals surface area (Å²) in [5, 5.41) is 4.45. The highest BCUT2D eigenvalue weighted by molar-refractivity contribution is 5.87. The van der Waals surface area contributed by atoms with Crippen molar-refractivity contribution in [1.29, 1.82) is 0 Å². The standard InChI is InChI=1S/C26H32N2O/c1-2-20-14-9-15-22-24(18-28-26(20)22)23(21-12-7-4-8-13-21)16-25(29)27-17-19-10-5-3-6-11-19/h3,5-6,9-11,14-15,18,21,23,28H,2,4,7-8,12-13,16-17H2,1H3,(H,27,29). The van der Waals surface area contributed by atoms with Gasteiger partial charge in [-0.2, -0.15) is 0 Å². The first-order valence-corrected chi connectivity index (χ1v) is 11.2. The molecule has 1 saturated carbocycles. The Morgan fingerprint density at radius 2 is 1.86 bits per heavy atom. The second kappa shape index (κ2) is 9.30. The lowest BCUT2D eigenvalue weighted by Crippen LogP contribution is -2.27. The number of fused-ring (bicyclic) bond motifs is 1. The van der Waals surface area contributed by atoms with E-state index in [0.717, 1.165) is 12.0 Å². The minimum absolute atomic E-state index is 0.158. The van der Waals surface area contributed by atoms with Crippen LogP contribution in [-0.4, -0.2) is 10.9 Å². The molecule has 1 unspecified atom stereocenters. The fraction of sp³-hybridized carbons (Fsp3) is 0.423. The van der Waals surface area contributed by atoms with E-state index in [1.54, 1.807) is 0 Å². The Morgan fingerprint density at radius 1 is 1.07 bits per heavy atom. The van der Waals surface area contributed by atoms with Crippen molar-refractivity contribution in [3.05, 3.63) is 71.4 Å². The number of para-hydroxylation sites is 1. The second-order valence-electron chi connectivity index (χ2n) is 8.41. The lowest BCUT2D eigenvalue weighted by Gasteiger charge is -2.30. The van der Waals surface area contributed by atoms with E-state index in [0.29, 0.717) is 18.9 Å². The van der Waals surface area contributed by atoms with Crippen molar-refractivity contribution in [2.45, 2.75) is 64.3 Å². The van der Waals surface area contributed by atoms with Gasteiger partial charge in [-0.25, -0.2) is 0 Å². The second-order valence-corrected chi connectivity index (χ2v) is 8.41. The van der Waals surface area contributed by atoms with Gasteiger partial charge in [-0.3, -0.25) is 4.79 Å². The summed E-state index contributed by atoms with van der Waals surface area (Å²) in [5.41, 5.74) is 5.08. The summed E-state index contributed by atoms with van der Waals surface area (Å²) in [6.45, 7) is 2.80. The predicted molar refractivity (Wildman–Crippen MR) is 120 cm³/mol. The monoisotopic (exact) mass is 388 g/mol. The average molecular weight is 389 g/mol. The topological polar surface area (TPSA) is 44.9 Å². The molecule has 3 nitrogen and oxygen atoms in total. The van der Waals surface area contributed by atoms with Crippen LogP contribution in [-0.2, 0) is 17.8 Å². The number of carbonyl (C=O) groups excluding carboxylic acids is 1. The van der Waals surface area contributed by atoms with Crippen LogP contribution in [0.15, 0.2) is 54.7 Å². The summed E-state index contributed by atoms with van der Waals surface area (Å²) in [7, 11) is 0. The molecule has 0 radical (unpaired) electrons. The van der Waals surface area contributed by atoms with E-state index in [1.807, 2.05) is 18.2 Å². The van der Waals surface area contributed by atoms with E-state index in [9.17, 15) is 4.79 Å². The molecule has 1 aliphatic rings. The van der Waals surface area contributed by atoms with Gasteiger partial charge in [-0.15, -0.1) is 0 Å². The lowest BCUT2D eigenvalue weighted by atomic mass is 9.75. The van der Waals surface area contributed by atoms with E-state index >= 15 is 0 Å². The van der Waals surface area contributed by atoms with Gasteiger partial charge in [0.15, 0.2) is 0 Å². The van der Waals surface area contributed by atoms with Gasteiger partial charge in [-0.05, 0) is 47.8 Å². The van der Waals surface area contributed by atoms with Crippen LogP contribution in [0.1, 0.15) is 68.1 Å². The van der Waals surface area contributed by atoms with E-state index in [2.05, 4.69) is 53.8 Å². The molecule has 1 atom stereocenters. The summed E-state index contributed by atoms with van der Waals surface area (Å²) < 4.78 is 0. The molecule has 0 spiro atoms. The molecule has 0 aliphatic heterocycles. The first-order chi connectivity index (χ1) is 14.3. The number of H-pyrrole nitrogens is 1. The smallest absolute Gasteiger partial charge is 0.220 e. The Bertz CT molecular complexity index is 938. The first kappa shape index (κ1) is 19.8. The van der Waals surface area contributed by atoms with Gasteiger partial charge in [0.1, 0.15) is 0 Å². The van der Waals surface area contributed by atoms with Gasteiger partial charge in [0, 0.05) is 30.1 Å². The third-order valence-corrected chi connectivity index (χ3v) is 6.57. The first-order valence-electron chi connectivity index (χ1n) is 11.2. The van der Waals surface area contributed by atoms with E-state index in [4.69, 9.17) is 0 Å². The SMILES string of the molecule is CCc1cccc2c(C(CC(=O)NCc3ccccc3)C3CCCCC3)c[nH]c12. The highest BCUT2D eigenvalue weighted by Crippen LogP contribution is 2.41. The molecule has 3 aromatic rings. The summed E-state index contributed by atoms with van der Waals surface area (Å²) >= 11 is 0. The highest BCUT2D eigenvalue weighted by atomic mass is 16.1. The van der Waals surface area contributed by atoms with Crippen LogP contribution in [0, 0.1) is 5.92 Å². The molecule has 3 heteroatoms. The molecule has 2 N–H and O–H groups in total. The number of amides is 1. The van der Waals surface area contributed by atoms with Crippen LogP contribution in [0.5, 0.6) is 0 Å². The van der Waals surface area contributed by atoms with Gasteiger partial charge < -0.3 is 10.3 Å². The van der Waals surface area contributed by atoms with Crippen molar-refractivity contribution in [3.8, 4) is 0 Å². The lowest BCUT2D eigenvalue weighted by molar-refractivity contribution is -0.122. The van der Waals surface area contributed by atoms with Crippen molar-refractivity contribution in [1.82, 2.24) is 10.3 Å². The number of aryl methyl sites for hydroxylation is 1. The molecular formula is C26H32N2O. The zero-order valence-corrected chi connectivity index (χ0v) is 17.4. The van der Waals surface area contributed by atoms with Crippen LogP contribution >= 0.6 is 0 Å². The molecule has 2 aromatic carbocycles. The van der Waals surface area contributed by atoms with Crippen LogP contribution in [0.3, 0.4) is 0 Å². The van der Waals surface area contributed by atoms with Crippen molar-refractivity contribution < 1.29 is 4.79 Å². The van der Waals surface area contributed by atoms with Crippen LogP contribution < -0.4 is 5.32 Å². The zero-order valence-electron chi connectivity index (χ0n) is 17.4. The Balaban J connectivity index is 1.56. The zero-order chi connectivity index (χ0) is 20.1. The molecule has 1 aromatic heterocycles. The molecule has 1 aliphatic carbocycles. The van der Waals surface area contributed by atoms with Crippen molar-refractivity contribution in [2.75, 3.05) is 0 Å². The van der Waals surface area contributed by atoms with Crippen molar-refractivity contribution in [3.63, 3.8) is 0 Å². The normalized spacial score (nSPS) is 16.0. The molecule has 29 heavy (non-hydrogen) atoms. The summed E-state index contributed by atoms with van der Waals surface area (Å²) in [6, 6.07) is 16.7. The number of hydrogen-bond donors (Lipinski definition) is 2. The fourth-order valence-corrected chi connectivity index (χ4v) is 4.98. The Labute approximate surface area is 173 Å². The number of aromatic amines is 1. The highest BCUT2D eigenvalue weighted by Gasteiger charge is 2.29. The molecule has 1 amide bonds. The van der Waals surface area contributed by atoms with Crippen molar-refractivity contribution in [2.24, 2.45) is 5.92 Å². The van der Waals surface area contributed by atoms with Crippen LogP contribution in [0.2, 0.25) is 0 Å². The fourth-order valence-electron chi connectivity index (χ4n) is 4.98. The molecule has 152 valence electrons. The largest absolute Gasteiger partial charge is 0.361 e. The summed E-state index contributed by atoms with van der Waals surface area (Å²) in [4.78, 5) is 16.4. The Kier molecular flexibility index (Phi) is 6.33. The number of nitrogens with one attached hydrogen (secondary N) is 2. The minimum Gasteiger partial charge on any atom is -0.361 e. The maximum Gasteiger partial charge on any atom is 0.220 e. The molecule has 1 fully saturated rings. The number of aromatic nitrogens is 1. The number of carbonyl (C=O) groups is 1. The Hall–Kier alpha value is -2.55. The van der Waals surface area contributed by atoms with Gasteiger partial charge in [0.25, 0.3) is 0 Å². The number of hydrogen-bond acceptors (Lipinski definition) is 1. The van der Waals surface area contributed by atoms with E-state index in [-0.39, 0.29) is 11.8 Å². The van der Waals surface area contributed by atoms with Gasteiger partial charge in [0.05, 0.1) is 0 Å². The van der Waals surface area contributed by atoms with Gasteiger partial charge in [0.2, 0.25) is 5.91 Å². The van der Waals surface area contributed by atoms with Crippen molar-refractivity contribution >= 4 is 16.8 Å². The summed E-state index contributed by atoms with van der Waals surface area (Å²) in [6.07, 6.45) is 10.1. The Morgan fingerprint density at radius 3 is 2.62 bits per heavy atom. The molecule has 4 rings (SSSR count). The quantitative estimate of drug-likeness (QED) is 0.504. The van der Waals surface area contributed by atoms with E-state index in [1.165, 1.54) is 54.1 Å². The molecule has 0 saturated heterocycles. The van der Waals surface area contributed by atoms with Gasteiger partial charge >= 0.3 is 0 Å². The molecule has 1 heterocycles. The minimum atomic E-state index is 0.158. The number of rotatable bonds is 7.